The summed E-state index contributed by atoms with van der Waals surface area (Å²) in [6.45, 7) is 1.90. The molecule has 144 valence electrons. The summed E-state index contributed by atoms with van der Waals surface area (Å²) in [7, 11) is -3.65. The third-order valence-corrected chi connectivity index (χ3v) is 5.51. The molecule has 0 saturated heterocycles. The van der Waals surface area contributed by atoms with Gasteiger partial charge in [-0.25, -0.2) is 8.42 Å². The highest BCUT2D eigenvalue weighted by molar-refractivity contribution is 7.92. The summed E-state index contributed by atoms with van der Waals surface area (Å²) in [6, 6.07) is 16.9. The number of carbonyl (C=O) groups excluding carboxylic acids is 1. The molecule has 7 heteroatoms. The summed E-state index contributed by atoms with van der Waals surface area (Å²) in [5.74, 6) is -0.114. The Morgan fingerprint density at radius 2 is 1.64 bits per heavy atom. The van der Waals surface area contributed by atoms with Crippen LogP contribution in [0.5, 0.6) is 0 Å². The number of aryl methyl sites for hydroxylation is 2. The molecule has 1 aromatic heterocycles. The van der Waals surface area contributed by atoms with Crippen LogP contribution in [0.1, 0.15) is 17.5 Å². The van der Waals surface area contributed by atoms with Gasteiger partial charge in [-0.1, -0.05) is 23.8 Å². The zero-order chi connectivity index (χ0) is 20.0. The molecular weight excluding hydrogens is 374 g/mol. The van der Waals surface area contributed by atoms with Crippen molar-refractivity contribution in [1.82, 2.24) is 4.98 Å². The summed E-state index contributed by atoms with van der Waals surface area (Å²) in [5, 5.41) is 2.80. The summed E-state index contributed by atoms with van der Waals surface area (Å²) < 4.78 is 27.4. The molecule has 1 heterocycles. The number of pyridine rings is 1. The minimum atomic E-state index is -3.65. The summed E-state index contributed by atoms with van der Waals surface area (Å²) in [6.07, 6.45) is 4.38. The Bertz CT molecular complexity index is 1030. The van der Waals surface area contributed by atoms with Crippen LogP contribution in [0.25, 0.3) is 0 Å². The lowest BCUT2D eigenvalue weighted by molar-refractivity contribution is -0.116. The first kappa shape index (κ1) is 19.6. The molecule has 0 unspecified atom stereocenters. The van der Waals surface area contributed by atoms with Crippen LogP contribution in [0.15, 0.2) is 78.0 Å². The van der Waals surface area contributed by atoms with Crippen molar-refractivity contribution in [2.24, 2.45) is 0 Å². The number of sulfonamides is 1. The minimum absolute atomic E-state index is 0.114. The SMILES string of the molecule is Cc1ccc(S(=O)(=O)Nc2ccc(NC(=O)CCc3cccnc3)cc2)cc1. The second-order valence-corrected chi connectivity index (χ2v) is 8.09. The van der Waals surface area contributed by atoms with Crippen molar-refractivity contribution in [3.05, 3.63) is 84.2 Å². The number of anilines is 2. The van der Waals surface area contributed by atoms with Crippen LogP contribution in [0.2, 0.25) is 0 Å². The van der Waals surface area contributed by atoms with Crippen molar-refractivity contribution in [3.8, 4) is 0 Å². The molecule has 3 aromatic rings. The number of nitrogens with one attached hydrogen (secondary N) is 2. The third-order valence-electron chi connectivity index (χ3n) is 4.12. The number of aromatic nitrogens is 1. The molecule has 0 radical (unpaired) electrons. The first-order chi connectivity index (χ1) is 13.4. The predicted octanol–water partition coefficient (Wildman–Crippen LogP) is 3.76. The van der Waals surface area contributed by atoms with E-state index in [9.17, 15) is 13.2 Å². The maximum absolute atomic E-state index is 12.4. The van der Waals surface area contributed by atoms with E-state index in [0.29, 0.717) is 24.2 Å². The van der Waals surface area contributed by atoms with Crippen LogP contribution < -0.4 is 10.0 Å². The fourth-order valence-corrected chi connectivity index (χ4v) is 3.64. The average molecular weight is 395 g/mol. The molecule has 0 saturated carbocycles. The summed E-state index contributed by atoms with van der Waals surface area (Å²) in [5.41, 5.74) is 3.02. The Morgan fingerprint density at radius 1 is 0.964 bits per heavy atom. The van der Waals surface area contributed by atoms with E-state index in [1.165, 1.54) is 0 Å². The molecule has 0 aliphatic heterocycles. The summed E-state index contributed by atoms with van der Waals surface area (Å²) >= 11 is 0. The lowest BCUT2D eigenvalue weighted by atomic mass is 10.1. The highest BCUT2D eigenvalue weighted by Gasteiger charge is 2.13. The number of hydrogen-bond acceptors (Lipinski definition) is 4. The first-order valence-corrected chi connectivity index (χ1v) is 10.3. The fourth-order valence-electron chi connectivity index (χ4n) is 2.58. The van der Waals surface area contributed by atoms with Gasteiger partial charge < -0.3 is 5.32 Å². The second kappa shape index (κ2) is 8.67. The van der Waals surface area contributed by atoms with E-state index < -0.39 is 10.0 Å². The molecular formula is C21H21N3O3S. The Kier molecular flexibility index (Phi) is 6.06. The van der Waals surface area contributed by atoms with Gasteiger partial charge >= 0.3 is 0 Å². The van der Waals surface area contributed by atoms with E-state index in [2.05, 4.69) is 15.0 Å². The largest absolute Gasteiger partial charge is 0.326 e. The molecule has 0 fully saturated rings. The van der Waals surface area contributed by atoms with Gasteiger partial charge in [-0.3, -0.25) is 14.5 Å². The summed E-state index contributed by atoms with van der Waals surface area (Å²) in [4.78, 5) is 16.3. The molecule has 1 amide bonds. The smallest absolute Gasteiger partial charge is 0.261 e. The van der Waals surface area contributed by atoms with Crippen LogP contribution in [-0.2, 0) is 21.2 Å². The molecule has 3 rings (SSSR count). The van der Waals surface area contributed by atoms with Gasteiger partial charge in [-0.15, -0.1) is 0 Å². The highest BCUT2D eigenvalue weighted by Crippen LogP contribution is 2.19. The topological polar surface area (TPSA) is 88.2 Å². The lowest BCUT2D eigenvalue weighted by Gasteiger charge is -2.10. The molecule has 0 aliphatic rings. The van der Waals surface area contributed by atoms with Crippen molar-refractivity contribution < 1.29 is 13.2 Å². The number of benzene rings is 2. The van der Waals surface area contributed by atoms with E-state index >= 15 is 0 Å². The maximum Gasteiger partial charge on any atom is 0.261 e. The van der Waals surface area contributed by atoms with E-state index in [4.69, 9.17) is 0 Å². The number of carbonyl (C=O) groups is 1. The van der Waals surface area contributed by atoms with E-state index in [0.717, 1.165) is 11.1 Å². The van der Waals surface area contributed by atoms with Gasteiger partial charge in [0.2, 0.25) is 5.91 Å². The zero-order valence-corrected chi connectivity index (χ0v) is 16.2. The van der Waals surface area contributed by atoms with Gasteiger partial charge in [-0.2, -0.15) is 0 Å². The molecule has 0 bridgehead atoms. The van der Waals surface area contributed by atoms with Crippen molar-refractivity contribution in [3.63, 3.8) is 0 Å². The molecule has 28 heavy (non-hydrogen) atoms. The van der Waals surface area contributed by atoms with Crippen LogP contribution in [0, 0.1) is 6.92 Å². The van der Waals surface area contributed by atoms with Crippen LogP contribution >= 0.6 is 0 Å². The second-order valence-electron chi connectivity index (χ2n) is 6.41. The van der Waals surface area contributed by atoms with Crippen LogP contribution in [-0.4, -0.2) is 19.3 Å². The monoisotopic (exact) mass is 395 g/mol. The highest BCUT2D eigenvalue weighted by atomic mass is 32.2. The quantitative estimate of drug-likeness (QED) is 0.637. The van der Waals surface area contributed by atoms with E-state index in [1.807, 2.05) is 19.1 Å². The Labute approximate surface area is 164 Å². The van der Waals surface area contributed by atoms with Crippen molar-refractivity contribution in [2.75, 3.05) is 10.0 Å². The molecule has 0 aliphatic carbocycles. The first-order valence-electron chi connectivity index (χ1n) is 8.81. The van der Waals surface area contributed by atoms with Gasteiger partial charge in [0, 0.05) is 30.2 Å². The minimum Gasteiger partial charge on any atom is -0.326 e. The Balaban J connectivity index is 1.57. The van der Waals surface area contributed by atoms with E-state index in [1.54, 1.807) is 60.9 Å². The number of amides is 1. The predicted molar refractivity (Wildman–Crippen MR) is 110 cm³/mol. The number of rotatable bonds is 7. The number of hydrogen-bond donors (Lipinski definition) is 2. The zero-order valence-electron chi connectivity index (χ0n) is 15.4. The Morgan fingerprint density at radius 3 is 2.29 bits per heavy atom. The van der Waals surface area contributed by atoms with Gasteiger partial charge in [0.25, 0.3) is 10.0 Å². The van der Waals surface area contributed by atoms with Gasteiger partial charge in [0.1, 0.15) is 0 Å². The Hall–Kier alpha value is -3.19. The lowest BCUT2D eigenvalue weighted by Crippen LogP contribution is -2.14. The van der Waals surface area contributed by atoms with Gasteiger partial charge in [0.05, 0.1) is 4.90 Å². The standard InChI is InChI=1S/C21H21N3O3S/c1-16-4-11-20(12-5-16)28(26,27)24-19-9-7-18(8-10-19)23-21(25)13-6-17-3-2-14-22-15-17/h2-5,7-12,14-15,24H,6,13H2,1H3,(H,23,25). The molecule has 6 nitrogen and oxygen atoms in total. The van der Waals surface area contributed by atoms with Crippen molar-refractivity contribution in [1.29, 1.82) is 0 Å². The van der Waals surface area contributed by atoms with Crippen molar-refractivity contribution in [2.45, 2.75) is 24.7 Å². The van der Waals surface area contributed by atoms with Crippen molar-refractivity contribution >= 4 is 27.3 Å². The van der Waals surface area contributed by atoms with Gasteiger partial charge in [0.15, 0.2) is 0 Å². The normalized spacial score (nSPS) is 11.0. The molecule has 2 aromatic carbocycles. The van der Waals surface area contributed by atoms with E-state index in [-0.39, 0.29) is 10.8 Å². The molecule has 0 atom stereocenters. The number of nitrogens with zero attached hydrogens (tertiary/aromatic N) is 1. The average Bonchev–Trinajstić information content (AvgIpc) is 2.69. The van der Waals surface area contributed by atoms with Gasteiger partial charge in [-0.05, 0) is 61.4 Å². The maximum atomic E-state index is 12.4. The third kappa shape index (κ3) is 5.40. The van der Waals surface area contributed by atoms with Crippen LogP contribution in [0.3, 0.4) is 0 Å². The fraction of sp³-hybridized carbons (Fsp3) is 0.143. The molecule has 2 N–H and O–H groups in total. The molecule has 0 spiro atoms. The van der Waals surface area contributed by atoms with Crippen LogP contribution in [0.4, 0.5) is 11.4 Å².